The molecule has 0 atom stereocenters. The molecular weight excluding hydrogens is 299 g/mol. The molecular formula is C18H15FO4. The minimum atomic E-state index is -0.952. The molecule has 0 fully saturated rings. The lowest BCUT2D eigenvalue weighted by Gasteiger charge is -2.14. The highest BCUT2D eigenvalue weighted by Crippen LogP contribution is 2.36. The minimum absolute atomic E-state index is 0.150. The summed E-state index contributed by atoms with van der Waals surface area (Å²) >= 11 is 0. The van der Waals surface area contributed by atoms with Crippen molar-refractivity contribution in [3.05, 3.63) is 64.0 Å². The molecule has 0 unspecified atom stereocenters. The maximum atomic E-state index is 13.1. The van der Waals surface area contributed by atoms with E-state index in [0.29, 0.717) is 41.0 Å². The first-order chi connectivity index (χ1) is 11.0. The van der Waals surface area contributed by atoms with Crippen molar-refractivity contribution in [2.24, 2.45) is 0 Å². The summed E-state index contributed by atoms with van der Waals surface area (Å²) in [6, 6.07) is 7.09. The Morgan fingerprint density at radius 1 is 1.26 bits per heavy atom. The average molecular weight is 314 g/mol. The van der Waals surface area contributed by atoms with Gasteiger partial charge in [-0.25, -0.2) is 4.39 Å². The zero-order valence-electron chi connectivity index (χ0n) is 12.6. The molecule has 1 aliphatic rings. The molecule has 118 valence electrons. The third-order valence-corrected chi connectivity index (χ3v) is 4.02. The van der Waals surface area contributed by atoms with Gasteiger partial charge < -0.3 is 9.84 Å². The number of ketones is 1. The molecule has 3 rings (SSSR count). The summed E-state index contributed by atoms with van der Waals surface area (Å²) < 4.78 is 18.7. The molecule has 23 heavy (non-hydrogen) atoms. The van der Waals surface area contributed by atoms with Crippen LogP contribution in [0, 0.1) is 12.7 Å². The Labute approximate surface area is 132 Å². The van der Waals surface area contributed by atoms with E-state index in [2.05, 4.69) is 0 Å². The maximum absolute atomic E-state index is 13.1. The van der Waals surface area contributed by atoms with Gasteiger partial charge in [-0.05, 0) is 47.9 Å². The number of halogens is 1. The van der Waals surface area contributed by atoms with E-state index in [9.17, 15) is 14.0 Å². The fraction of sp³-hybridized carbons (Fsp3) is 0.222. The second-order valence-corrected chi connectivity index (χ2v) is 5.53. The van der Waals surface area contributed by atoms with Crippen LogP contribution in [-0.4, -0.2) is 23.5 Å². The lowest BCUT2D eigenvalue weighted by Crippen LogP contribution is -2.10. The van der Waals surface area contributed by atoms with Crippen LogP contribution in [-0.2, 0) is 17.6 Å². The summed E-state index contributed by atoms with van der Waals surface area (Å²) in [7, 11) is 0. The van der Waals surface area contributed by atoms with Crippen molar-refractivity contribution in [1.29, 1.82) is 0 Å². The molecule has 1 N–H and O–H groups in total. The molecule has 1 heterocycles. The van der Waals surface area contributed by atoms with Crippen LogP contribution < -0.4 is 4.74 Å². The van der Waals surface area contributed by atoms with Crippen molar-refractivity contribution < 1.29 is 23.8 Å². The Bertz CT molecular complexity index is 794. The Morgan fingerprint density at radius 3 is 2.61 bits per heavy atom. The van der Waals surface area contributed by atoms with Gasteiger partial charge >= 0.3 is 5.97 Å². The topological polar surface area (TPSA) is 63.6 Å². The van der Waals surface area contributed by atoms with Crippen LogP contribution in [0.15, 0.2) is 30.3 Å². The largest absolute Gasteiger partial charge is 0.492 e. The number of carbonyl (C=O) groups is 2. The van der Waals surface area contributed by atoms with Gasteiger partial charge in [0.1, 0.15) is 11.6 Å². The monoisotopic (exact) mass is 314 g/mol. The molecule has 0 spiro atoms. The van der Waals surface area contributed by atoms with Gasteiger partial charge in [-0.2, -0.15) is 0 Å². The van der Waals surface area contributed by atoms with Gasteiger partial charge in [0.05, 0.1) is 18.6 Å². The maximum Gasteiger partial charge on any atom is 0.307 e. The van der Waals surface area contributed by atoms with Crippen molar-refractivity contribution in [3.8, 4) is 5.75 Å². The number of carbonyl (C=O) groups excluding carboxylic acids is 1. The van der Waals surface area contributed by atoms with E-state index < -0.39 is 11.8 Å². The Balaban J connectivity index is 2.13. The number of hydrogen-bond acceptors (Lipinski definition) is 3. The fourth-order valence-electron chi connectivity index (χ4n) is 2.85. The van der Waals surface area contributed by atoms with Crippen molar-refractivity contribution >= 4 is 11.8 Å². The number of carboxylic acid groups (broad SMARTS) is 1. The van der Waals surface area contributed by atoms with E-state index in [1.807, 2.05) is 0 Å². The van der Waals surface area contributed by atoms with Gasteiger partial charge in [-0.15, -0.1) is 0 Å². The van der Waals surface area contributed by atoms with E-state index in [-0.39, 0.29) is 12.2 Å². The molecule has 0 radical (unpaired) electrons. The van der Waals surface area contributed by atoms with Gasteiger partial charge in [-0.1, -0.05) is 6.07 Å². The van der Waals surface area contributed by atoms with Gasteiger partial charge in [-0.3, -0.25) is 9.59 Å². The van der Waals surface area contributed by atoms with E-state index in [1.54, 1.807) is 13.0 Å². The first kappa shape index (κ1) is 15.2. The van der Waals surface area contributed by atoms with Crippen LogP contribution in [0.25, 0.3) is 0 Å². The molecule has 4 nitrogen and oxygen atoms in total. The number of hydrogen-bond donors (Lipinski definition) is 1. The third-order valence-electron chi connectivity index (χ3n) is 4.02. The summed E-state index contributed by atoms with van der Waals surface area (Å²) in [5, 5.41) is 9.06. The number of carboxylic acids is 1. The van der Waals surface area contributed by atoms with E-state index >= 15 is 0 Å². The van der Waals surface area contributed by atoms with Crippen molar-refractivity contribution in [1.82, 2.24) is 0 Å². The van der Waals surface area contributed by atoms with Crippen molar-refractivity contribution in [3.63, 3.8) is 0 Å². The van der Waals surface area contributed by atoms with Gasteiger partial charge in [0.15, 0.2) is 5.78 Å². The molecule has 0 saturated carbocycles. The quantitative estimate of drug-likeness (QED) is 0.881. The number of rotatable bonds is 4. The molecule has 1 aliphatic heterocycles. The zero-order valence-corrected chi connectivity index (χ0v) is 12.6. The number of aliphatic carboxylic acids is 1. The van der Waals surface area contributed by atoms with E-state index in [1.165, 1.54) is 24.3 Å². The highest BCUT2D eigenvalue weighted by atomic mass is 19.1. The van der Waals surface area contributed by atoms with E-state index in [4.69, 9.17) is 9.84 Å². The van der Waals surface area contributed by atoms with Crippen LogP contribution in [0.2, 0.25) is 0 Å². The highest BCUT2D eigenvalue weighted by Gasteiger charge is 2.26. The molecule has 0 aromatic heterocycles. The average Bonchev–Trinajstić information content (AvgIpc) is 2.95. The summed E-state index contributed by atoms with van der Waals surface area (Å²) in [6.45, 7) is 2.19. The highest BCUT2D eigenvalue weighted by molar-refractivity contribution is 6.12. The molecule has 0 saturated heterocycles. The Morgan fingerprint density at radius 2 is 1.96 bits per heavy atom. The lowest BCUT2D eigenvalue weighted by atomic mass is 9.90. The molecule has 0 bridgehead atoms. The van der Waals surface area contributed by atoms with E-state index in [0.717, 1.165) is 5.56 Å². The molecule has 2 aromatic carbocycles. The van der Waals surface area contributed by atoms with Crippen molar-refractivity contribution in [2.75, 3.05) is 6.61 Å². The van der Waals surface area contributed by atoms with Crippen LogP contribution in [0.4, 0.5) is 4.39 Å². The molecule has 2 aromatic rings. The Kier molecular flexibility index (Phi) is 3.86. The van der Waals surface area contributed by atoms with Gasteiger partial charge in [0, 0.05) is 12.0 Å². The first-order valence-electron chi connectivity index (χ1n) is 7.27. The van der Waals surface area contributed by atoms with Crippen LogP contribution in [0.3, 0.4) is 0 Å². The summed E-state index contributed by atoms with van der Waals surface area (Å²) in [4.78, 5) is 23.9. The van der Waals surface area contributed by atoms with Gasteiger partial charge in [0.2, 0.25) is 0 Å². The fourth-order valence-corrected chi connectivity index (χ4v) is 2.85. The third kappa shape index (κ3) is 2.82. The molecule has 0 amide bonds. The molecule has 0 aliphatic carbocycles. The molecule has 5 heteroatoms. The van der Waals surface area contributed by atoms with Gasteiger partial charge in [0.25, 0.3) is 0 Å². The predicted octanol–water partition coefficient (Wildman–Crippen LogP) is 2.93. The first-order valence-corrected chi connectivity index (χ1v) is 7.27. The van der Waals surface area contributed by atoms with Crippen LogP contribution in [0.1, 0.15) is 32.6 Å². The number of fused-ring (bicyclic) bond motifs is 1. The standard InChI is InChI=1S/C18H15FO4/c1-10-13(9-15(20)21)8-12-6-7-23-18(12)16(10)17(22)11-2-4-14(19)5-3-11/h2-5,8H,6-7,9H2,1H3,(H,20,21). The Hall–Kier alpha value is -2.69. The zero-order chi connectivity index (χ0) is 16.6. The summed E-state index contributed by atoms with van der Waals surface area (Å²) in [6.07, 6.45) is 0.495. The summed E-state index contributed by atoms with van der Waals surface area (Å²) in [5.74, 6) is -1.13. The smallest absolute Gasteiger partial charge is 0.307 e. The minimum Gasteiger partial charge on any atom is -0.492 e. The normalized spacial score (nSPS) is 12.6. The van der Waals surface area contributed by atoms with Crippen molar-refractivity contribution in [2.45, 2.75) is 19.8 Å². The lowest BCUT2D eigenvalue weighted by molar-refractivity contribution is -0.136. The number of ether oxygens (including phenoxy) is 1. The van der Waals surface area contributed by atoms with Crippen LogP contribution >= 0.6 is 0 Å². The SMILES string of the molecule is Cc1c(CC(=O)O)cc2c(c1C(=O)c1ccc(F)cc1)OCC2. The second kappa shape index (κ2) is 5.83. The second-order valence-electron chi connectivity index (χ2n) is 5.53. The van der Waals surface area contributed by atoms with Crippen LogP contribution in [0.5, 0.6) is 5.75 Å². The summed E-state index contributed by atoms with van der Waals surface area (Å²) in [5.41, 5.74) is 2.77. The predicted molar refractivity (Wildman–Crippen MR) is 81.6 cm³/mol. The number of benzene rings is 2.